The number of carbonyl (C=O) groups is 1. The van der Waals surface area contributed by atoms with Gasteiger partial charge >= 0.3 is 6.09 Å². The number of amides is 1. The molecule has 0 atom stereocenters. The molecule has 3 aromatic rings. The molecule has 0 aliphatic rings. The summed E-state index contributed by atoms with van der Waals surface area (Å²) < 4.78 is 16.0. The molecule has 0 radical (unpaired) electrons. The van der Waals surface area contributed by atoms with Crippen molar-refractivity contribution in [2.45, 2.75) is 26.4 Å². The molecule has 26 heavy (non-hydrogen) atoms. The zero-order valence-corrected chi connectivity index (χ0v) is 14.6. The van der Waals surface area contributed by atoms with Gasteiger partial charge in [-0.3, -0.25) is 5.32 Å². The number of aromatic nitrogens is 3. The Kier molecular flexibility index (Phi) is 4.83. The van der Waals surface area contributed by atoms with E-state index in [4.69, 9.17) is 14.0 Å². The van der Waals surface area contributed by atoms with Crippen LogP contribution in [0.1, 0.15) is 20.8 Å². The summed E-state index contributed by atoms with van der Waals surface area (Å²) in [5.41, 5.74) is 0.521. The first kappa shape index (κ1) is 17.4. The molecule has 1 amide bonds. The van der Waals surface area contributed by atoms with Gasteiger partial charge in [0.25, 0.3) is 0 Å². The normalized spacial score (nSPS) is 11.0. The molecule has 1 aromatic carbocycles. The van der Waals surface area contributed by atoms with Crippen molar-refractivity contribution in [3.63, 3.8) is 0 Å². The van der Waals surface area contributed by atoms with Crippen molar-refractivity contribution >= 4 is 11.8 Å². The van der Waals surface area contributed by atoms with Crippen molar-refractivity contribution in [2.75, 3.05) is 5.32 Å². The van der Waals surface area contributed by atoms with Crippen LogP contribution >= 0.6 is 0 Å². The topological polar surface area (TPSA) is 99.4 Å². The summed E-state index contributed by atoms with van der Waals surface area (Å²) in [6, 6.07) is 10.2. The molecule has 134 valence electrons. The summed E-state index contributed by atoms with van der Waals surface area (Å²) in [6.45, 7) is 5.40. The van der Waals surface area contributed by atoms with Crippen LogP contribution in [-0.2, 0) is 4.74 Å². The average Bonchev–Trinajstić information content (AvgIpc) is 3.08. The molecule has 3 rings (SSSR count). The van der Waals surface area contributed by atoms with Crippen LogP contribution in [0, 0.1) is 0 Å². The highest BCUT2D eigenvalue weighted by Crippen LogP contribution is 2.25. The predicted octanol–water partition coefficient (Wildman–Crippen LogP) is 4.27. The largest absolute Gasteiger partial charge is 0.444 e. The van der Waals surface area contributed by atoms with E-state index in [1.54, 1.807) is 57.2 Å². The van der Waals surface area contributed by atoms with Crippen LogP contribution in [0.4, 0.5) is 10.5 Å². The second-order valence-corrected chi connectivity index (χ2v) is 6.37. The SMILES string of the molecule is CC(C)(C)OC(=O)Nc1cccc(Oc2cc(-c3ccno3)ncn2)c1. The van der Waals surface area contributed by atoms with E-state index in [1.165, 1.54) is 12.5 Å². The Morgan fingerprint density at radius 2 is 2.00 bits per heavy atom. The number of nitrogens with one attached hydrogen (secondary N) is 1. The summed E-state index contributed by atoms with van der Waals surface area (Å²) in [7, 11) is 0. The summed E-state index contributed by atoms with van der Waals surface area (Å²) in [4.78, 5) is 20.1. The van der Waals surface area contributed by atoms with Gasteiger partial charge in [-0.1, -0.05) is 11.2 Å². The first-order valence-corrected chi connectivity index (χ1v) is 7.90. The molecule has 8 nitrogen and oxygen atoms in total. The zero-order valence-electron chi connectivity index (χ0n) is 14.6. The van der Waals surface area contributed by atoms with Gasteiger partial charge in [0.1, 0.15) is 23.4 Å². The van der Waals surface area contributed by atoms with Crippen LogP contribution in [0.3, 0.4) is 0 Å². The average molecular weight is 354 g/mol. The predicted molar refractivity (Wildman–Crippen MR) is 93.9 cm³/mol. The molecule has 0 saturated heterocycles. The maximum Gasteiger partial charge on any atom is 0.412 e. The molecule has 0 fully saturated rings. The Morgan fingerprint density at radius 3 is 2.73 bits per heavy atom. The number of carbonyl (C=O) groups excluding carboxylic acids is 1. The lowest BCUT2D eigenvalue weighted by Gasteiger charge is -2.19. The van der Waals surface area contributed by atoms with Crippen molar-refractivity contribution in [1.29, 1.82) is 0 Å². The number of hydrogen-bond donors (Lipinski definition) is 1. The van der Waals surface area contributed by atoms with Crippen molar-refractivity contribution in [1.82, 2.24) is 15.1 Å². The Morgan fingerprint density at radius 1 is 1.15 bits per heavy atom. The summed E-state index contributed by atoms with van der Waals surface area (Å²) >= 11 is 0. The van der Waals surface area contributed by atoms with Gasteiger partial charge in [0.15, 0.2) is 5.76 Å². The molecule has 0 aliphatic carbocycles. The van der Waals surface area contributed by atoms with Crippen molar-refractivity contribution in [2.24, 2.45) is 0 Å². The first-order chi connectivity index (χ1) is 12.4. The van der Waals surface area contributed by atoms with Gasteiger partial charge in [-0.15, -0.1) is 0 Å². The van der Waals surface area contributed by atoms with Gasteiger partial charge < -0.3 is 14.0 Å². The standard InChI is InChI=1S/C18H18N4O4/c1-18(2,3)25-17(23)22-12-5-4-6-13(9-12)24-16-10-14(19-11-20-16)15-7-8-21-26-15/h4-11H,1-3H3,(H,22,23). The third kappa shape index (κ3) is 4.79. The van der Waals surface area contributed by atoms with E-state index in [1.807, 2.05) is 0 Å². The monoisotopic (exact) mass is 354 g/mol. The number of nitrogens with zero attached hydrogens (tertiary/aromatic N) is 3. The van der Waals surface area contributed by atoms with E-state index < -0.39 is 11.7 Å². The highest BCUT2D eigenvalue weighted by Gasteiger charge is 2.16. The van der Waals surface area contributed by atoms with Crippen molar-refractivity contribution in [3.05, 3.63) is 48.9 Å². The van der Waals surface area contributed by atoms with E-state index in [0.29, 0.717) is 28.8 Å². The maximum absolute atomic E-state index is 11.9. The molecule has 0 saturated carbocycles. The zero-order chi connectivity index (χ0) is 18.6. The maximum atomic E-state index is 11.9. The van der Waals surface area contributed by atoms with E-state index in [2.05, 4.69) is 20.4 Å². The van der Waals surface area contributed by atoms with Crippen molar-refractivity contribution in [3.8, 4) is 23.1 Å². The van der Waals surface area contributed by atoms with E-state index >= 15 is 0 Å². The molecule has 2 aromatic heterocycles. The fourth-order valence-corrected chi connectivity index (χ4v) is 2.06. The van der Waals surface area contributed by atoms with Crippen LogP contribution in [0.2, 0.25) is 0 Å². The molecule has 0 unspecified atom stereocenters. The minimum atomic E-state index is -0.573. The van der Waals surface area contributed by atoms with Gasteiger partial charge in [0.2, 0.25) is 5.88 Å². The third-order valence-corrected chi connectivity index (χ3v) is 3.03. The molecule has 8 heteroatoms. The van der Waals surface area contributed by atoms with Crippen LogP contribution < -0.4 is 10.1 Å². The molecule has 1 N–H and O–H groups in total. The Bertz CT molecular complexity index is 888. The second kappa shape index (κ2) is 7.22. The minimum Gasteiger partial charge on any atom is -0.444 e. The molecule has 0 spiro atoms. The quantitative estimate of drug-likeness (QED) is 0.746. The van der Waals surface area contributed by atoms with Gasteiger partial charge in [0, 0.05) is 23.9 Å². The number of ether oxygens (including phenoxy) is 2. The number of rotatable bonds is 4. The summed E-state index contributed by atoms with van der Waals surface area (Å²) in [5, 5.41) is 6.31. The molecular formula is C18H18N4O4. The van der Waals surface area contributed by atoms with Crippen LogP contribution in [0.5, 0.6) is 11.6 Å². The number of benzene rings is 1. The highest BCUT2D eigenvalue weighted by atomic mass is 16.6. The van der Waals surface area contributed by atoms with Crippen LogP contribution in [-0.4, -0.2) is 26.8 Å². The highest BCUT2D eigenvalue weighted by molar-refractivity contribution is 5.85. The van der Waals surface area contributed by atoms with E-state index in [0.717, 1.165) is 0 Å². The second-order valence-electron chi connectivity index (χ2n) is 6.37. The van der Waals surface area contributed by atoms with Gasteiger partial charge in [-0.25, -0.2) is 14.8 Å². The molecule has 0 aliphatic heterocycles. The van der Waals surface area contributed by atoms with Gasteiger partial charge in [0.05, 0.1) is 6.20 Å². The minimum absolute atomic E-state index is 0.334. The van der Waals surface area contributed by atoms with Crippen LogP contribution in [0.15, 0.2) is 53.4 Å². The number of anilines is 1. The third-order valence-electron chi connectivity index (χ3n) is 3.03. The van der Waals surface area contributed by atoms with Crippen molar-refractivity contribution < 1.29 is 18.8 Å². The molecule has 0 bridgehead atoms. The Labute approximate surface area is 150 Å². The van der Waals surface area contributed by atoms with Crippen LogP contribution in [0.25, 0.3) is 11.5 Å². The Balaban J connectivity index is 1.71. The Hall–Kier alpha value is -3.42. The van der Waals surface area contributed by atoms with Gasteiger partial charge in [-0.05, 0) is 32.9 Å². The molecule has 2 heterocycles. The fourth-order valence-electron chi connectivity index (χ4n) is 2.06. The smallest absolute Gasteiger partial charge is 0.412 e. The van der Waals surface area contributed by atoms with Gasteiger partial charge in [-0.2, -0.15) is 0 Å². The summed E-state index contributed by atoms with van der Waals surface area (Å²) in [5.74, 6) is 1.35. The fraction of sp³-hybridized carbons (Fsp3) is 0.222. The molecular weight excluding hydrogens is 336 g/mol. The number of hydrogen-bond acceptors (Lipinski definition) is 7. The van der Waals surface area contributed by atoms with E-state index in [9.17, 15) is 4.79 Å². The lowest BCUT2D eigenvalue weighted by molar-refractivity contribution is 0.0636. The summed E-state index contributed by atoms with van der Waals surface area (Å²) in [6.07, 6.45) is 2.36. The lowest BCUT2D eigenvalue weighted by Crippen LogP contribution is -2.27. The first-order valence-electron chi connectivity index (χ1n) is 7.90. The van der Waals surface area contributed by atoms with E-state index in [-0.39, 0.29) is 0 Å². The lowest BCUT2D eigenvalue weighted by atomic mass is 10.2.